The van der Waals surface area contributed by atoms with Gasteiger partial charge in [-0.25, -0.2) is 0 Å². The van der Waals surface area contributed by atoms with Crippen molar-refractivity contribution in [3.8, 4) is 0 Å². The number of hydrogen-bond acceptors (Lipinski definition) is 2. The molecule has 0 saturated carbocycles. The Bertz CT molecular complexity index is 353. The predicted molar refractivity (Wildman–Crippen MR) is 146 cm³/mol. The smallest absolute Gasteiger partial charge is 0.104 e. The van der Waals surface area contributed by atoms with E-state index in [-0.39, 0.29) is 0 Å². The summed E-state index contributed by atoms with van der Waals surface area (Å²) in [6, 6.07) is 0. The quantitative estimate of drug-likeness (QED) is 0.0807. The van der Waals surface area contributed by atoms with Crippen LogP contribution in [0.3, 0.4) is 0 Å². The topological polar surface area (TPSA) is 21.8 Å². The van der Waals surface area contributed by atoms with Crippen LogP contribution in [-0.4, -0.2) is 25.9 Å². The van der Waals surface area contributed by atoms with Gasteiger partial charge in [-0.05, 0) is 6.42 Å². The molecule has 0 aromatic rings. The van der Waals surface area contributed by atoms with E-state index < -0.39 is 0 Å². The van der Waals surface area contributed by atoms with Crippen molar-refractivity contribution in [2.24, 2.45) is 0 Å². The summed E-state index contributed by atoms with van der Waals surface area (Å²) in [5.74, 6) is 0. The molecular formula is C31H62O2. The van der Waals surface area contributed by atoms with Crippen molar-refractivity contribution >= 4 is 0 Å². The highest BCUT2D eigenvalue weighted by Gasteiger charge is 2.21. The SMILES string of the molecule is CCCCCCCCCCCCCCCCCCCCCCCCCCCCOCC1CO1. The molecule has 1 aliphatic rings. The first-order valence-electron chi connectivity index (χ1n) is 15.6. The van der Waals surface area contributed by atoms with E-state index in [1.54, 1.807) is 0 Å². The number of hydrogen-bond donors (Lipinski definition) is 0. The van der Waals surface area contributed by atoms with Gasteiger partial charge in [0.1, 0.15) is 6.10 Å². The highest BCUT2D eigenvalue weighted by molar-refractivity contribution is 4.67. The van der Waals surface area contributed by atoms with Crippen molar-refractivity contribution in [3.05, 3.63) is 0 Å². The normalized spacial score (nSPS) is 15.4. The maximum absolute atomic E-state index is 5.59. The van der Waals surface area contributed by atoms with Crippen molar-refractivity contribution in [1.82, 2.24) is 0 Å². The molecule has 0 spiro atoms. The molecule has 1 unspecified atom stereocenters. The van der Waals surface area contributed by atoms with Crippen molar-refractivity contribution < 1.29 is 9.47 Å². The Hall–Kier alpha value is -0.0800. The Morgan fingerprint density at radius 2 is 0.727 bits per heavy atom. The van der Waals surface area contributed by atoms with E-state index in [0.717, 1.165) is 19.8 Å². The molecule has 2 nitrogen and oxygen atoms in total. The largest absolute Gasteiger partial charge is 0.379 e. The maximum atomic E-state index is 5.59. The van der Waals surface area contributed by atoms with Crippen LogP contribution in [-0.2, 0) is 9.47 Å². The Kier molecular flexibility index (Phi) is 24.9. The van der Waals surface area contributed by atoms with Crippen LogP contribution in [0.25, 0.3) is 0 Å². The van der Waals surface area contributed by atoms with Gasteiger partial charge in [-0.1, -0.05) is 167 Å². The first-order chi connectivity index (χ1) is 16.4. The average Bonchev–Trinajstić information content (AvgIpc) is 3.65. The predicted octanol–water partition coefficient (Wildman–Crippen LogP) is 10.6. The average molecular weight is 467 g/mol. The summed E-state index contributed by atoms with van der Waals surface area (Å²) >= 11 is 0. The van der Waals surface area contributed by atoms with Gasteiger partial charge in [0.2, 0.25) is 0 Å². The first kappa shape index (κ1) is 31.0. The second-order valence-corrected chi connectivity index (χ2v) is 10.9. The lowest BCUT2D eigenvalue weighted by Gasteiger charge is -2.04. The van der Waals surface area contributed by atoms with Gasteiger partial charge in [0, 0.05) is 6.61 Å². The summed E-state index contributed by atoms with van der Waals surface area (Å²) in [5.41, 5.74) is 0. The van der Waals surface area contributed by atoms with Gasteiger partial charge in [-0.2, -0.15) is 0 Å². The van der Waals surface area contributed by atoms with Crippen LogP contribution in [0.5, 0.6) is 0 Å². The number of unbranched alkanes of at least 4 members (excludes halogenated alkanes) is 25. The van der Waals surface area contributed by atoms with Gasteiger partial charge in [-0.3, -0.25) is 0 Å². The van der Waals surface area contributed by atoms with Crippen LogP contribution in [0.15, 0.2) is 0 Å². The number of ether oxygens (including phenoxy) is 2. The van der Waals surface area contributed by atoms with Crippen molar-refractivity contribution in [2.75, 3.05) is 19.8 Å². The third-order valence-electron chi connectivity index (χ3n) is 7.35. The van der Waals surface area contributed by atoms with Crippen LogP contribution in [0.4, 0.5) is 0 Å². The Balaban J connectivity index is 1.58. The fraction of sp³-hybridized carbons (Fsp3) is 1.00. The van der Waals surface area contributed by atoms with Crippen molar-refractivity contribution in [2.45, 2.75) is 180 Å². The third kappa shape index (κ3) is 26.4. The van der Waals surface area contributed by atoms with Gasteiger partial charge in [-0.15, -0.1) is 0 Å². The lowest BCUT2D eigenvalue weighted by atomic mass is 10.0. The third-order valence-corrected chi connectivity index (χ3v) is 7.35. The summed E-state index contributed by atoms with van der Waals surface area (Å²) in [7, 11) is 0. The van der Waals surface area contributed by atoms with Crippen molar-refractivity contribution in [3.63, 3.8) is 0 Å². The Morgan fingerprint density at radius 3 is 1.00 bits per heavy atom. The lowest BCUT2D eigenvalue weighted by molar-refractivity contribution is 0.113. The molecule has 198 valence electrons. The van der Waals surface area contributed by atoms with Crippen LogP contribution in [0, 0.1) is 0 Å². The first-order valence-corrected chi connectivity index (χ1v) is 15.6. The summed E-state index contributed by atoms with van der Waals surface area (Å²) < 4.78 is 10.7. The number of epoxide rings is 1. The molecule has 33 heavy (non-hydrogen) atoms. The summed E-state index contributed by atoms with van der Waals surface area (Å²) in [6.45, 7) is 4.97. The summed E-state index contributed by atoms with van der Waals surface area (Å²) in [6.07, 6.45) is 38.1. The van der Waals surface area contributed by atoms with E-state index in [1.165, 1.54) is 167 Å². The molecule has 0 aromatic heterocycles. The molecular weight excluding hydrogens is 404 g/mol. The molecule has 1 rings (SSSR count). The zero-order valence-corrected chi connectivity index (χ0v) is 22.9. The van der Waals surface area contributed by atoms with Gasteiger partial charge in [0.25, 0.3) is 0 Å². The Labute approximate surface area is 209 Å². The van der Waals surface area contributed by atoms with Crippen LogP contribution >= 0.6 is 0 Å². The van der Waals surface area contributed by atoms with Crippen LogP contribution in [0.2, 0.25) is 0 Å². The summed E-state index contributed by atoms with van der Waals surface area (Å²) in [5, 5.41) is 0. The van der Waals surface area contributed by atoms with E-state index in [2.05, 4.69) is 6.92 Å². The highest BCUT2D eigenvalue weighted by Crippen LogP contribution is 2.16. The summed E-state index contributed by atoms with van der Waals surface area (Å²) in [4.78, 5) is 0. The molecule has 1 fully saturated rings. The van der Waals surface area contributed by atoms with Gasteiger partial charge >= 0.3 is 0 Å². The monoisotopic (exact) mass is 466 g/mol. The molecule has 1 atom stereocenters. The maximum Gasteiger partial charge on any atom is 0.104 e. The molecule has 1 aliphatic heterocycles. The van der Waals surface area contributed by atoms with Gasteiger partial charge < -0.3 is 9.47 Å². The van der Waals surface area contributed by atoms with Crippen LogP contribution < -0.4 is 0 Å². The molecule has 0 amide bonds. The second-order valence-electron chi connectivity index (χ2n) is 10.9. The van der Waals surface area contributed by atoms with Gasteiger partial charge in [0.15, 0.2) is 0 Å². The fourth-order valence-corrected chi connectivity index (χ4v) is 4.90. The van der Waals surface area contributed by atoms with E-state index in [0.29, 0.717) is 6.10 Å². The molecule has 0 aromatic carbocycles. The van der Waals surface area contributed by atoms with E-state index >= 15 is 0 Å². The lowest BCUT2D eigenvalue weighted by Crippen LogP contribution is -2.02. The minimum atomic E-state index is 0.425. The molecule has 0 aliphatic carbocycles. The van der Waals surface area contributed by atoms with E-state index in [1.807, 2.05) is 0 Å². The molecule has 0 bridgehead atoms. The van der Waals surface area contributed by atoms with Gasteiger partial charge in [0.05, 0.1) is 13.2 Å². The molecule has 1 heterocycles. The van der Waals surface area contributed by atoms with Crippen LogP contribution in [0.1, 0.15) is 174 Å². The minimum Gasteiger partial charge on any atom is -0.379 e. The zero-order valence-electron chi connectivity index (χ0n) is 22.9. The highest BCUT2D eigenvalue weighted by atomic mass is 16.6. The van der Waals surface area contributed by atoms with Crippen molar-refractivity contribution in [1.29, 1.82) is 0 Å². The van der Waals surface area contributed by atoms with E-state index in [4.69, 9.17) is 9.47 Å². The van der Waals surface area contributed by atoms with E-state index in [9.17, 15) is 0 Å². The number of rotatable bonds is 29. The zero-order chi connectivity index (χ0) is 23.5. The standard InChI is InChI=1S/C31H62O2/c1-2-3-4-5-6-7-8-9-10-11-12-13-14-15-16-17-18-19-20-21-22-23-24-25-26-27-28-32-29-31-30-33-31/h31H,2-30H2,1H3. The molecule has 0 N–H and O–H groups in total. The fourth-order valence-electron chi connectivity index (χ4n) is 4.90. The molecule has 2 heteroatoms. The molecule has 1 saturated heterocycles. The second kappa shape index (κ2) is 26.5. The molecule has 0 radical (unpaired) electrons. The Morgan fingerprint density at radius 1 is 0.455 bits per heavy atom. The minimum absolute atomic E-state index is 0.425.